The van der Waals surface area contributed by atoms with Crippen molar-refractivity contribution in [2.45, 2.75) is 38.5 Å². The van der Waals surface area contributed by atoms with Crippen LogP contribution in [0.15, 0.2) is 158 Å². The molecular weight excluding hydrogens is 689 g/mol. The van der Waals surface area contributed by atoms with Gasteiger partial charge in [-0.05, 0) is 93.9 Å². The molecule has 2 aromatic heterocycles. The number of rotatable bonds is 4. The van der Waals surface area contributed by atoms with E-state index in [0.29, 0.717) is 0 Å². The van der Waals surface area contributed by atoms with Gasteiger partial charge in [0.25, 0.3) is 0 Å². The molecule has 0 atom stereocenters. The Labute approximate surface area is 325 Å². The van der Waals surface area contributed by atoms with Crippen molar-refractivity contribution in [2.24, 2.45) is 0 Å². The lowest BCUT2D eigenvalue weighted by molar-refractivity contribution is 0.632. The Morgan fingerprint density at radius 3 is 2.02 bits per heavy atom. The van der Waals surface area contributed by atoms with Crippen molar-refractivity contribution in [2.75, 3.05) is 4.90 Å². The van der Waals surface area contributed by atoms with Crippen molar-refractivity contribution >= 4 is 50.4 Å². The molecule has 0 unspecified atom stereocenters. The van der Waals surface area contributed by atoms with Crippen LogP contribution in [0.5, 0.6) is 0 Å². The summed E-state index contributed by atoms with van der Waals surface area (Å²) in [4.78, 5) is 7.59. The monoisotopic (exact) mass is 726 g/mol. The zero-order chi connectivity index (χ0) is 37.1. The van der Waals surface area contributed by atoms with Crippen molar-refractivity contribution in [3.8, 4) is 38.8 Å². The van der Waals surface area contributed by atoms with Gasteiger partial charge in [-0.2, -0.15) is 4.37 Å². The van der Waals surface area contributed by atoms with Crippen LogP contribution < -0.4 is 4.90 Å². The quantitative estimate of drug-likeness (QED) is 0.181. The highest BCUT2D eigenvalue weighted by Crippen LogP contribution is 2.54. The fourth-order valence-corrected chi connectivity index (χ4v) is 10.1. The molecule has 0 radical (unpaired) electrons. The number of nitrogens with zero attached hydrogens (tertiary/aromatic N) is 4. The van der Waals surface area contributed by atoms with Gasteiger partial charge in [0.1, 0.15) is 5.01 Å². The lowest BCUT2D eigenvalue weighted by Crippen LogP contribution is -2.30. The van der Waals surface area contributed by atoms with Gasteiger partial charge >= 0.3 is 0 Å². The molecule has 0 spiro atoms. The second-order valence-electron chi connectivity index (χ2n) is 15.9. The maximum atomic E-state index is 5.20. The highest BCUT2D eigenvalue weighted by atomic mass is 32.1. The van der Waals surface area contributed by atoms with E-state index in [1.807, 2.05) is 0 Å². The van der Waals surface area contributed by atoms with Crippen LogP contribution in [-0.4, -0.2) is 13.9 Å². The minimum absolute atomic E-state index is 0.0675. The van der Waals surface area contributed by atoms with Gasteiger partial charge in [-0.1, -0.05) is 131 Å². The molecule has 0 amide bonds. The van der Waals surface area contributed by atoms with Gasteiger partial charge in [-0.15, -0.1) is 0 Å². The molecule has 5 heteroatoms. The Bertz CT molecular complexity index is 3000. The van der Waals surface area contributed by atoms with Gasteiger partial charge < -0.3 is 9.47 Å². The van der Waals surface area contributed by atoms with Crippen molar-refractivity contribution < 1.29 is 0 Å². The molecule has 55 heavy (non-hydrogen) atoms. The molecule has 0 fully saturated rings. The second-order valence-corrected chi connectivity index (χ2v) is 16.7. The number of hydrogen-bond acceptors (Lipinski definition) is 4. The molecule has 0 saturated heterocycles. The van der Waals surface area contributed by atoms with Gasteiger partial charge in [-0.25, -0.2) is 4.98 Å². The molecule has 264 valence electrons. The number of hydrogen-bond donors (Lipinski definition) is 0. The Balaban J connectivity index is 1.03. The van der Waals surface area contributed by atoms with E-state index in [0.717, 1.165) is 33.3 Å². The summed E-state index contributed by atoms with van der Waals surface area (Å²) in [5.41, 5.74) is 17.0. The summed E-state index contributed by atoms with van der Waals surface area (Å²) in [7, 11) is 0. The highest BCUT2D eigenvalue weighted by molar-refractivity contribution is 7.09. The van der Waals surface area contributed by atoms with Gasteiger partial charge in [0, 0.05) is 44.0 Å². The van der Waals surface area contributed by atoms with E-state index in [1.165, 1.54) is 78.1 Å². The third kappa shape index (κ3) is 4.57. The van der Waals surface area contributed by atoms with Crippen molar-refractivity contribution in [3.05, 3.63) is 180 Å². The van der Waals surface area contributed by atoms with Crippen molar-refractivity contribution in [1.29, 1.82) is 0 Å². The van der Waals surface area contributed by atoms with Gasteiger partial charge in [0.05, 0.1) is 28.1 Å². The summed E-state index contributed by atoms with van der Waals surface area (Å²) in [5, 5.41) is 3.35. The molecular formula is C50H38N4S. The standard InChI is InChI=1S/C50H38N4S/c1-49(2)37-19-10-8-18-35(37)46-40(49)21-14-24-44(46)54-41-22-12-9-17-34(41)36-29-32(26-28-42(36)54)48-51-47(52-55-48)31-25-27-39-45(30-31)53(33-15-6-5-7-16-33)43-23-13-11-20-38(43)50(39,3)4/h5-30H,1-4H3. The summed E-state index contributed by atoms with van der Waals surface area (Å²) in [5.74, 6) is 0.746. The number of anilines is 3. The van der Waals surface area contributed by atoms with Crippen LogP contribution >= 0.6 is 11.5 Å². The molecule has 0 saturated carbocycles. The minimum Gasteiger partial charge on any atom is -0.310 e. The predicted octanol–water partition coefficient (Wildman–Crippen LogP) is 13.4. The first-order valence-electron chi connectivity index (χ1n) is 19.0. The maximum Gasteiger partial charge on any atom is 0.173 e. The summed E-state index contributed by atoms with van der Waals surface area (Å²) in [6.45, 7) is 9.34. The molecule has 1 aliphatic carbocycles. The number of fused-ring (bicyclic) bond motifs is 8. The molecule has 0 bridgehead atoms. The minimum atomic E-state index is -0.162. The van der Waals surface area contributed by atoms with Crippen molar-refractivity contribution in [1.82, 2.24) is 13.9 Å². The molecule has 2 aliphatic rings. The van der Waals surface area contributed by atoms with Gasteiger partial charge in [0.2, 0.25) is 0 Å². The SMILES string of the molecule is CC1(C)c2ccccc2N(c2ccccc2)c2cc(-c3nsc(-c4ccc5c(c4)c4ccccc4n5-c4cccc5c4-c4ccccc4C5(C)C)n3)ccc21. The molecule has 7 aromatic carbocycles. The fourth-order valence-electron chi connectivity index (χ4n) is 9.46. The topological polar surface area (TPSA) is 34.0 Å². The van der Waals surface area contributed by atoms with Crippen LogP contribution in [0.2, 0.25) is 0 Å². The van der Waals surface area contributed by atoms with Gasteiger partial charge in [-0.3, -0.25) is 0 Å². The first kappa shape index (κ1) is 32.2. The molecule has 1 aliphatic heterocycles. The van der Waals surface area contributed by atoms with E-state index >= 15 is 0 Å². The first-order chi connectivity index (χ1) is 26.8. The third-order valence-corrected chi connectivity index (χ3v) is 12.9. The van der Waals surface area contributed by atoms with Crippen LogP contribution in [0.4, 0.5) is 17.1 Å². The average molecular weight is 727 g/mol. The molecule has 0 N–H and O–H groups in total. The maximum absolute atomic E-state index is 5.20. The van der Waals surface area contributed by atoms with Gasteiger partial charge in [0.15, 0.2) is 5.82 Å². The fraction of sp³-hybridized carbons (Fsp3) is 0.120. The van der Waals surface area contributed by atoms with Crippen LogP contribution in [0.25, 0.3) is 60.6 Å². The summed E-state index contributed by atoms with van der Waals surface area (Å²) >= 11 is 1.46. The van der Waals surface area contributed by atoms with Crippen molar-refractivity contribution in [3.63, 3.8) is 0 Å². The average Bonchev–Trinajstić information content (AvgIpc) is 3.90. The van der Waals surface area contributed by atoms with E-state index in [2.05, 4.69) is 195 Å². The summed E-state index contributed by atoms with van der Waals surface area (Å²) in [6, 6.07) is 57.5. The van der Waals surface area contributed by atoms with Crippen LogP contribution in [-0.2, 0) is 10.8 Å². The Morgan fingerprint density at radius 1 is 0.491 bits per heavy atom. The van der Waals surface area contributed by atoms with Crippen LogP contribution in [0.1, 0.15) is 49.9 Å². The summed E-state index contributed by atoms with van der Waals surface area (Å²) < 4.78 is 7.43. The Hall–Kier alpha value is -6.30. The van der Waals surface area contributed by atoms with Crippen LogP contribution in [0, 0.1) is 0 Å². The first-order valence-corrected chi connectivity index (χ1v) is 19.8. The lowest BCUT2D eigenvalue weighted by atomic mass is 9.73. The zero-order valence-electron chi connectivity index (χ0n) is 31.2. The van der Waals surface area contributed by atoms with E-state index < -0.39 is 0 Å². The predicted molar refractivity (Wildman–Crippen MR) is 229 cm³/mol. The molecule has 9 aromatic rings. The molecule has 11 rings (SSSR count). The number of para-hydroxylation sites is 3. The largest absolute Gasteiger partial charge is 0.310 e. The third-order valence-electron chi connectivity index (χ3n) is 12.2. The van der Waals surface area contributed by atoms with E-state index in [9.17, 15) is 0 Å². The Kier molecular flexibility index (Phi) is 6.78. The van der Waals surface area contributed by atoms with E-state index in [4.69, 9.17) is 9.36 Å². The molecule has 4 nitrogen and oxygen atoms in total. The summed E-state index contributed by atoms with van der Waals surface area (Å²) in [6.07, 6.45) is 0. The zero-order valence-corrected chi connectivity index (χ0v) is 32.0. The molecule has 3 heterocycles. The smallest absolute Gasteiger partial charge is 0.173 e. The number of benzene rings is 7. The Morgan fingerprint density at radius 2 is 1.15 bits per heavy atom. The lowest BCUT2D eigenvalue weighted by Gasteiger charge is -2.42. The normalized spacial score (nSPS) is 14.8. The van der Waals surface area contributed by atoms with E-state index in [-0.39, 0.29) is 10.8 Å². The second kappa shape index (κ2) is 11.6. The number of aromatic nitrogens is 3. The highest BCUT2D eigenvalue weighted by Gasteiger charge is 2.38. The van der Waals surface area contributed by atoms with Crippen LogP contribution in [0.3, 0.4) is 0 Å². The van der Waals surface area contributed by atoms with E-state index in [1.54, 1.807) is 0 Å².